The molecule has 0 spiro atoms. The highest BCUT2D eigenvalue weighted by atomic mass is 16.6. The normalized spacial score (nSPS) is 19.8. The van der Waals surface area contributed by atoms with E-state index < -0.39 is 11.1 Å². The van der Waals surface area contributed by atoms with Gasteiger partial charge in [-0.1, -0.05) is 42.5 Å². The summed E-state index contributed by atoms with van der Waals surface area (Å²) in [5.41, 5.74) is 2.35. The third kappa shape index (κ3) is 5.98. The van der Waals surface area contributed by atoms with Crippen molar-refractivity contribution in [1.82, 2.24) is 10.2 Å². The van der Waals surface area contributed by atoms with Crippen LogP contribution in [0.15, 0.2) is 42.5 Å². The fourth-order valence-corrected chi connectivity index (χ4v) is 4.26. The second-order valence-electron chi connectivity index (χ2n) is 9.71. The van der Waals surface area contributed by atoms with Crippen molar-refractivity contribution in [3.05, 3.63) is 53.6 Å². The van der Waals surface area contributed by atoms with E-state index in [0.29, 0.717) is 12.5 Å². The maximum atomic E-state index is 11.9. The molecule has 1 amide bonds. The number of allylic oxidation sites excluding steroid dienone is 4. The molecule has 0 aromatic heterocycles. The van der Waals surface area contributed by atoms with Gasteiger partial charge in [0, 0.05) is 19.6 Å². The second-order valence-corrected chi connectivity index (χ2v) is 9.71. The lowest BCUT2D eigenvalue weighted by Crippen LogP contribution is -2.48. The quantitative estimate of drug-likeness (QED) is 0.692. The summed E-state index contributed by atoms with van der Waals surface area (Å²) >= 11 is 0. The van der Waals surface area contributed by atoms with E-state index in [-0.39, 0.29) is 6.09 Å². The van der Waals surface area contributed by atoms with Gasteiger partial charge in [0.25, 0.3) is 0 Å². The zero-order valence-corrected chi connectivity index (χ0v) is 19.3. The van der Waals surface area contributed by atoms with E-state index in [0.717, 1.165) is 44.3 Å². The predicted molar refractivity (Wildman–Crippen MR) is 124 cm³/mol. The Morgan fingerprint density at radius 1 is 1.16 bits per heavy atom. The number of carbonyl (C=O) groups excluding carboxylic acids is 1. The van der Waals surface area contributed by atoms with E-state index >= 15 is 0 Å². The molecule has 0 saturated carbocycles. The van der Waals surface area contributed by atoms with Crippen molar-refractivity contribution in [3.63, 3.8) is 0 Å². The van der Waals surface area contributed by atoms with Crippen molar-refractivity contribution >= 4 is 11.7 Å². The average Bonchev–Trinajstić information content (AvgIpc) is 2.77. The second kappa shape index (κ2) is 9.70. The van der Waals surface area contributed by atoms with Crippen LogP contribution in [0.25, 0.3) is 5.57 Å². The number of rotatable bonds is 5. The summed E-state index contributed by atoms with van der Waals surface area (Å²) in [5.74, 6) is 0.402. The van der Waals surface area contributed by atoms with E-state index in [1.165, 1.54) is 11.1 Å². The topological polar surface area (TPSA) is 65.4 Å². The Morgan fingerprint density at radius 3 is 2.39 bits per heavy atom. The molecule has 1 unspecified atom stereocenters. The number of amides is 1. The molecule has 1 N–H and O–H groups in total. The van der Waals surface area contributed by atoms with Crippen LogP contribution in [-0.4, -0.2) is 36.2 Å². The molecule has 1 fully saturated rings. The molecule has 1 aliphatic carbocycles. The van der Waals surface area contributed by atoms with Crippen LogP contribution in [0.4, 0.5) is 4.79 Å². The molecule has 1 saturated heterocycles. The molecule has 31 heavy (non-hydrogen) atoms. The monoisotopic (exact) mass is 421 g/mol. The highest BCUT2D eigenvalue weighted by molar-refractivity contribution is 5.74. The van der Waals surface area contributed by atoms with E-state index in [2.05, 4.69) is 58.8 Å². The number of nitrogens with one attached hydrogen (secondary N) is 1. The molecule has 0 radical (unpaired) electrons. The van der Waals surface area contributed by atoms with Crippen LogP contribution in [0.5, 0.6) is 0 Å². The standard InChI is InChI=1S/C26H35N3O2/c1-25(2,3)31-24(30)28-18-20-14-16-29(17-15-20)26(4,19-27)23-12-10-22(11-13-23)21-8-6-5-7-9-21/h6,8-13,20H,5,7,14-18H2,1-4H3,(H,28,30). The number of alkyl carbamates (subject to hydrolysis) is 1. The SMILES string of the molecule is CC(C)(C)OC(=O)NCC1CCN(C(C)(C#N)c2ccc(C3=CCCC=C3)cc2)CC1. The number of piperidine rings is 1. The fraction of sp³-hybridized carbons (Fsp3) is 0.538. The molecule has 5 nitrogen and oxygen atoms in total. The Morgan fingerprint density at radius 2 is 1.84 bits per heavy atom. The molecule has 1 aromatic rings. The van der Waals surface area contributed by atoms with Gasteiger partial charge < -0.3 is 10.1 Å². The number of benzene rings is 1. The smallest absolute Gasteiger partial charge is 0.407 e. The first kappa shape index (κ1) is 23.1. The van der Waals surface area contributed by atoms with Crippen molar-refractivity contribution in [1.29, 1.82) is 5.26 Å². The van der Waals surface area contributed by atoms with Crippen LogP contribution in [0.2, 0.25) is 0 Å². The summed E-state index contributed by atoms with van der Waals surface area (Å²) in [4.78, 5) is 14.2. The molecule has 0 bridgehead atoms. The number of carbonyl (C=O) groups is 1. The minimum absolute atomic E-state index is 0.361. The molecular formula is C26H35N3O2. The van der Waals surface area contributed by atoms with Crippen molar-refractivity contribution in [3.8, 4) is 6.07 Å². The number of hydrogen-bond acceptors (Lipinski definition) is 4. The summed E-state index contributed by atoms with van der Waals surface area (Å²) in [6.07, 6.45) is 10.4. The Balaban J connectivity index is 1.58. The molecule has 1 aliphatic heterocycles. The fourth-order valence-electron chi connectivity index (χ4n) is 4.26. The number of ether oxygens (including phenoxy) is 1. The highest BCUT2D eigenvalue weighted by Gasteiger charge is 2.36. The summed E-state index contributed by atoms with van der Waals surface area (Å²) in [7, 11) is 0. The minimum atomic E-state index is -0.654. The zero-order chi connectivity index (χ0) is 22.5. The number of nitriles is 1. The number of nitrogens with zero attached hydrogens (tertiary/aromatic N) is 2. The van der Waals surface area contributed by atoms with E-state index in [1.807, 2.05) is 27.7 Å². The van der Waals surface area contributed by atoms with Crippen LogP contribution in [-0.2, 0) is 10.3 Å². The van der Waals surface area contributed by atoms with Gasteiger partial charge in [0.15, 0.2) is 0 Å². The van der Waals surface area contributed by atoms with Gasteiger partial charge in [-0.15, -0.1) is 0 Å². The van der Waals surface area contributed by atoms with Gasteiger partial charge in [0.05, 0.1) is 6.07 Å². The van der Waals surface area contributed by atoms with Crippen LogP contribution in [0.1, 0.15) is 64.5 Å². The van der Waals surface area contributed by atoms with Gasteiger partial charge in [-0.2, -0.15) is 5.26 Å². The van der Waals surface area contributed by atoms with Crippen molar-refractivity contribution in [2.24, 2.45) is 5.92 Å². The van der Waals surface area contributed by atoms with Gasteiger partial charge in [-0.25, -0.2) is 4.79 Å². The van der Waals surface area contributed by atoms with Crippen LogP contribution >= 0.6 is 0 Å². The Kier molecular flexibility index (Phi) is 7.23. The average molecular weight is 422 g/mol. The Hall–Kier alpha value is -2.58. The zero-order valence-electron chi connectivity index (χ0n) is 19.3. The van der Waals surface area contributed by atoms with Crippen molar-refractivity contribution < 1.29 is 9.53 Å². The molecule has 166 valence electrons. The van der Waals surface area contributed by atoms with Gasteiger partial charge in [-0.05, 0) is 76.0 Å². The first-order valence-electron chi connectivity index (χ1n) is 11.3. The van der Waals surface area contributed by atoms with Crippen molar-refractivity contribution in [2.45, 2.75) is 64.5 Å². The van der Waals surface area contributed by atoms with Gasteiger partial charge in [0.1, 0.15) is 11.1 Å². The molecule has 2 aliphatic rings. The van der Waals surface area contributed by atoms with Gasteiger partial charge >= 0.3 is 6.09 Å². The Labute approximate surface area is 186 Å². The van der Waals surface area contributed by atoms with E-state index in [9.17, 15) is 10.1 Å². The molecule has 5 heteroatoms. The summed E-state index contributed by atoms with van der Waals surface area (Å²) in [5, 5.41) is 13.0. The van der Waals surface area contributed by atoms with Crippen LogP contribution in [0, 0.1) is 17.2 Å². The van der Waals surface area contributed by atoms with Crippen LogP contribution in [0.3, 0.4) is 0 Å². The molecule has 1 heterocycles. The Bertz CT molecular complexity index is 865. The molecule has 1 atom stereocenters. The molecule has 1 aromatic carbocycles. The number of likely N-dealkylation sites (tertiary alicyclic amines) is 1. The molecular weight excluding hydrogens is 386 g/mol. The number of hydrogen-bond donors (Lipinski definition) is 1. The maximum absolute atomic E-state index is 11.9. The minimum Gasteiger partial charge on any atom is -0.444 e. The third-order valence-electron chi connectivity index (χ3n) is 6.17. The molecule has 3 rings (SSSR count). The van der Waals surface area contributed by atoms with Gasteiger partial charge in [0.2, 0.25) is 0 Å². The lowest BCUT2D eigenvalue weighted by atomic mass is 9.86. The van der Waals surface area contributed by atoms with Crippen molar-refractivity contribution in [2.75, 3.05) is 19.6 Å². The highest BCUT2D eigenvalue weighted by Crippen LogP contribution is 2.33. The maximum Gasteiger partial charge on any atom is 0.407 e. The first-order valence-corrected chi connectivity index (χ1v) is 11.3. The predicted octanol–water partition coefficient (Wildman–Crippen LogP) is 5.40. The van der Waals surface area contributed by atoms with Crippen LogP contribution < -0.4 is 5.32 Å². The lowest BCUT2D eigenvalue weighted by Gasteiger charge is -2.41. The lowest BCUT2D eigenvalue weighted by molar-refractivity contribution is 0.0495. The third-order valence-corrected chi connectivity index (χ3v) is 6.17. The first-order chi connectivity index (χ1) is 14.7. The summed E-state index contributed by atoms with van der Waals surface area (Å²) in [6, 6.07) is 11.0. The summed E-state index contributed by atoms with van der Waals surface area (Å²) < 4.78 is 5.32. The largest absolute Gasteiger partial charge is 0.444 e. The van der Waals surface area contributed by atoms with E-state index in [1.54, 1.807) is 0 Å². The van der Waals surface area contributed by atoms with Gasteiger partial charge in [-0.3, -0.25) is 4.90 Å². The van der Waals surface area contributed by atoms with E-state index in [4.69, 9.17) is 4.74 Å². The summed E-state index contributed by atoms with van der Waals surface area (Å²) in [6.45, 7) is 9.89.